The molecule has 0 aliphatic heterocycles. The summed E-state index contributed by atoms with van der Waals surface area (Å²) in [5.41, 5.74) is 6.63. The maximum atomic E-state index is 5.43. The highest BCUT2D eigenvalue weighted by molar-refractivity contribution is 5.57. The van der Waals surface area contributed by atoms with Crippen LogP contribution in [0.2, 0.25) is 0 Å². The summed E-state index contributed by atoms with van der Waals surface area (Å²) < 4.78 is 2.13. The van der Waals surface area contributed by atoms with Gasteiger partial charge in [-0.15, -0.1) is 0 Å². The summed E-state index contributed by atoms with van der Waals surface area (Å²) >= 11 is 0. The van der Waals surface area contributed by atoms with E-state index in [0.29, 0.717) is 6.54 Å². The van der Waals surface area contributed by atoms with Gasteiger partial charge >= 0.3 is 0 Å². The summed E-state index contributed by atoms with van der Waals surface area (Å²) in [6.07, 6.45) is 6.88. The summed E-state index contributed by atoms with van der Waals surface area (Å²) in [6.45, 7) is 5.85. The molecule has 1 aromatic heterocycles. The Bertz CT molecular complexity index is 286. The van der Waals surface area contributed by atoms with E-state index in [2.05, 4.69) is 29.5 Å². The molecule has 0 aliphatic rings. The molecule has 13 heavy (non-hydrogen) atoms. The second kappa shape index (κ2) is 4.82. The van der Waals surface area contributed by atoms with Gasteiger partial charge < -0.3 is 10.3 Å². The van der Waals surface area contributed by atoms with Gasteiger partial charge in [-0.2, -0.15) is 0 Å². The Morgan fingerprint density at radius 3 is 3.08 bits per heavy atom. The number of hydrogen-bond acceptors (Lipinski definition) is 2. The van der Waals surface area contributed by atoms with Crippen molar-refractivity contribution in [1.82, 2.24) is 9.55 Å². The molecule has 0 atom stereocenters. The summed E-state index contributed by atoms with van der Waals surface area (Å²) in [6, 6.07) is 0. The second-order valence-corrected chi connectivity index (χ2v) is 3.00. The van der Waals surface area contributed by atoms with Gasteiger partial charge in [-0.3, -0.25) is 0 Å². The van der Waals surface area contributed by atoms with Crippen LogP contribution in [-0.4, -0.2) is 16.1 Å². The molecular weight excluding hydrogens is 162 g/mol. The maximum Gasteiger partial charge on any atom is 0.135 e. The van der Waals surface area contributed by atoms with Crippen LogP contribution < -0.4 is 5.73 Å². The Morgan fingerprint density at radius 2 is 2.46 bits per heavy atom. The highest BCUT2D eigenvalue weighted by Crippen LogP contribution is 2.11. The molecule has 0 saturated carbocycles. The van der Waals surface area contributed by atoms with Crippen molar-refractivity contribution < 1.29 is 0 Å². The largest absolute Gasteiger partial charge is 0.332 e. The molecule has 2 N–H and O–H groups in total. The quantitative estimate of drug-likeness (QED) is 0.763. The first kappa shape index (κ1) is 9.99. The lowest BCUT2D eigenvalue weighted by Gasteiger charge is -2.04. The number of hydrogen-bond donors (Lipinski definition) is 1. The predicted octanol–water partition coefficient (Wildman–Crippen LogP) is 1.66. The van der Waals surface area contributed by atoms with Crippen LogP contribution in [0.25, 0.3) is 5.57 Å². The number of imidazole rings is 1. The molecule has 0 radical (unpaired) electrons. The molecule has 0 fully saturated rings. The Balaban J connectivity index is 2.81. The number of nitrogens with zero attached hydrogens (tertiary/aromatic N) is 2. The van der Waals surface area contributed by atoms with Gasteiger partial charge in [0.15, 0.2) is 0 Å². The molecule has 72 valence electrons. The van der Waals surface area contributed by atoms with Gasteiger partial charge in [0.25, 0.3) is 0 Å². The zero-order chi connectivity index (χ0) is 9.68. The van der Waals surface area contributed by atoms with Gasteiger partial charge in [0.2, 0.25) is 0 Å². The SMILES string of the molecule is CCn1ccnc1C(C)=CCCN. The first-order chi connectivity index (χ1) is 6.29. The predicted molar refractivity (Wildman–Crippen MR) is 55.2 cm³/mol. The molecule has 0 aromatic carbocycles. The van der Waals surface area contributed by atoms with E-state index < -0.39 is 0 Å². The lowest BCUT2D eigenvalue weighted by atomic mass is 10.2. The first-order valence-electron chi connectivity index (χ1n) is 4.68. The molecule has 0 spiro atoms. The van der Waals surface area contributed by atoms with Crippen molar-refractivity contribution >= 4 is 5.57 Å². The van der Waals surface area contributed by atoms with E-state index in [1.165, 1.54) is 5.57 Å². The van der Waals surface area contributed by atoms with E-state index in [-0.39, 0.29) is 0 Å². The van der Waals surface area contributed by atoms with Crippen LogP contribution in [0.15, 0.2) is 18.5 Å². The van der Waals surface area contributed by atoms with Gasteiger partial charge in [-0.1, -0.05) is 6.08 Å². The number of allylic oxidation sites excluding steroid dienone is 1. The monoisotopic (exact) mass is 179 g/mol. The Labute approximate surface area is 79.3 Å². The number of nitrogens with two attached hydrogens (primary N) is 1. The van der Waals surface area contributed by atoms with Gasteiger partial charge in [-0.05, 0) is 32.4 Å². The van der Waals surface area contributed by atoms with Crippen LogP contribution in [0.1, 0.15) is 26.1 Å². The summed E-state index contributed by atoms with van der Waals surface area (Å²) in [5.74, 6) is 1.05. The van der Waals surface area contributed by atoms with E-state index in [9.17, 15) is 0 Å². The van der Waals surface area contributed by atoms with Crippen molar-refractivity contribution in [3.8, 4) is 0 Å². The van der Waals surface area contributed by atoms with Crippen molar-refractivity contribution in [1.29, 1.82) is 0 Å². The number of aromatic nitrogens is 2. The van der Waals surface area contributed by atoms with Crippen molar-refractivity contribution in [2.75, 3.05) is 6.54 Å². The maximum absolute atomic E-state index is 5.43. The topological polar surface area (TPSA) is 43.8 Å². The smallest absolute Gasteiger partial charge is 0.135 e. The third-order valence-corrected chi connectivity index (χ3v) is 2.03. The van der Waals surface area contributed by atoms with Crippen LogP contribution in [0.5, 0.6) is 0 Å². The summed E-state index contributed by atoms with van der Waals surface area (Å²) in [4.78, 5) is 4.29. The minimum atomic E-state index is 0.699. The van der Waals surface area contributed by atoms with E-state index in [0.717, 1.165) is 18.8 Å². The van der Waals surface area contributed by atoms with Crippen LogP contribution in [0.4, 0.5) is 0 Å². The fraction of sp³-hybridized carbons (Fsp3) is 0.500. The molecule has 0 aliphatic carbocycles. The van der Waals surface area contributed by atoms with Gasteiger partial charge in [0.05, 0.1) is 0 Å². The van der Waals surface area contributed by atoms with Crippen LogP contribution in [0.3, 0.4) is 0 Å². The molecule has 0 amide bonds. The Hall–Kier alpha value is -1.09. The molecule has 0 saturated heterocycles. The molecule has 3 nitrogen and oxygen atoms in total. The van der Waals surface area contributed by atoms with Crippen molar-refractivity contribution in [2.45, 2.75) is 26.8 Å². The highest BCUT2D eigenvalue weighted by Gasteiger charge is 2.01. The number of rotatable bonds is 4. The second-order valence-electron chi connectivity index (χ2n) is 3.00. The zero-order valence-corrected chi connectivity index (χ0v) is 8.33. The third-order valence-electron chi connectivity index (χ3n) is 2.03. The fourth-order valence-corrected chi connectivity index (χ4v) is 1.30. The zero-order valence-electron chi connectivity index (χ0n) is 8.33. The van der Waals surface area contributed by atoms with Gasteiger partial charge in [0, 0.05) is 18.9 Å². The van der Waals surface area contributed by atoms with Gasteiger partial charge in [-0.25, -0.2) is 4.98 Å². The fourth-order valence-electron chi connectivity index (χ4n) is 1.30. The van der Waals surface area contributed by atoms with Crippen LogP contribution in [0, 0.1) is 0 Å². The normalized spacial score (nSPS) is 12.1. The highest BCUT2D eigenvalue weighted by atomic mass is 15.1. The van der Waals surface area contributed by atoms with E-state index in [4.69, 9.17) is 5.73 Å². The first-order valence-corrected chi connectivity index (χ1v) is 4.68. The minimum absolute atomic E-state index is 0.699. The Morgan fingerprint density at radius 1 is 1.69 bits per heavy atom. The molecule has 1 heterocycles. The van der Waals surface area contributed by atoms with E-state index >= 15 is 0 Å². The molecule has 3 heteroatoms. The minimum Gasteiger partial charge on any atom is -0.332 e. The lowest BCUT2D eigenvalue weighted by molar-refractivity contribution is 0.747. The summed E-state index contributed by atoms with van der Waals surface area (Å²) in [5, 5.41) is 0. The van der Waals surface area contributed by atoms with E-state index in [1.54, 1.807) is 0 Å². The average molecular weight is 179 g/mol. The molecule has 0 bridgehead atoms. The van der Waals surface area contributed by atoms with Crippen molar-refractivity contribution in [3.63, 3.8) is 0 Å². The number of aryl methyl sites for hydroxylation is 1. The standard InChI is InChI=1S/C10H17N3/c1-3-13-8-7-12-10(13)9(2)5-4-6-11/h5,7-8H,3-4,6,11H2,1-2H3. The van der Waals surface area contributed by atoms with Crippen molar-refractivity contribution in [3.05, 3.63) is 24.3 Å². The lowest BCUT2D eigenvalue weighted by Crippen LogP contribution is -2.00. The summed E-state index contributed by atoms with van der Waals surface area (Å²) in [7, 11) is 0. The average Bonchev–Trinajstić information content (AvgIpc) is 2.61. The van der Waals surface area contributed by atoms with Crippen LogP contribution >= 0.6 is 0 Å². The molecule has 0 unspecified atom stereocenters. The van der Waals surface area contributed by atoms with Crippen molar-refractivity contribution in [2.24, 2.45) is 5.73 Å². The van der Waals surface area contributed by atoms with Gasteiger partial charge in [0.1, 0.15) is 5.82 Å². The molecule has 1 aromatic rings. The molecule has 1 rings (SSSR count). The Kier molecular flexibility index (Phi) is 3.71. The van der Waals surface area contributed by atoms with Crippen LogP contribution in [-0.2, 0) is 6.54 Å². The third kappa shape index (κ3) is 2.42. The molecular formula is C10H17N3. The van der Waals surface area contributed by atoms with E-state index in [1.807, 2.05) is 12.4 Å².